The summed E-state index contributed by atoms with van der Waals surface area (Å²) in [5, 5.41) is 3.17. The van der Waals surface area contributed by atoms with E-state index in [4.69, 9.17) is 0 Å². The van der Waals surface area contributed by atoms with Gasteiger partial charge in [0.15, 0.2) is 0 Å². The maximum absolute atomic E-state index is 12.2. The van der Waals surface area contributed by atoms with Crippen LogP contribution in [-0.2, 0) is 10.2 Å². The topological polar surface area (TPSA) is 61.4 Å². The van der Waals surface area contributed by atoms with Gasteiger partial charge in [0.2, 0.25) is 0 Å². The molecule has 5 nitrogen and oxygen atoms in total. The fourth-order valence-corrected chi connectivity index (χ4v) is 4.04. The van der Waals surface area contributed by atoms with Crippen LogP contribution in [0.3, 0.4) is 0 Å². The van der Waals surface area contributed by atoms with Crippen molar-refractivity contribution in [1.82, 2.24) is 14.3 Å². The summed E-state index contributed by atoms with van der Waals surface area (Å²) in [5.74, 6) is 0. The molecule has 2 rings (SSSR count). The molecule has 2 N–H and O–H groups in total. The second-order valence-electron chi connectivity index (χ2n) is 4.96. The fourth-order valence-electron chi connectivity index (χ4n) is 2.57. The number of hydrogen-bond donors (Lipinski definition) is 2. The molecule has 0 radical (unpaired) electrons. The first-order valence-electron chi connectivity index (χ1n) is 6.66. The van der Waals surface area contributed by atoms with Crippen molar-refractivity contribution in [2.75, 3.05) is 26.2 Å². The lowest BCUT2D eigenvalue weighted by Crippen LogP contribution is -2.52. The van der Waals surface area contributed by atoms with Crippen LogP contribution in [0, 0.1) is 0 Å². The number of hydrogen-bond acceptors (Lipinski definition) is 3. The molecule has 1 heterocycles. The molecule has 0 amide bonds. The van der Waals surface area contributed by atoms with Crippen LogP contribution in [0.25, 0.3) is 0 Å². The zero-order chi connectivity index (χ0) is 12.1. The lowest BCUT2D eigenvalue weighted by molar-refractivity contribution is 0.348. The van der Waals surface area contributed by atoms with Crippen molar-refractivity contribution < 1.29 is 8.42 Å². The summed E-state index contributed by atoms with van der Waals surface area (Å²) >= 11 is 0. The molecule has 1 aliphatic heterocycles. The minimum absolute atomic E-state index is 0.150. The van der Waals surface area contributed by atoms with E-state index < -0.39 is 10.2 Å². The predicted octanol–water partition coefficient (Wildman–Crippen LogP) is 0.449. The van der Waals surface area contributed by atoms with E-state index in [0.717, 1.165) is 38.8 Å². The standard InChI is InChI=1S/C11H23N3O2S/c15-17(16,14-9-7-12-8-10-14)13-11-5-3-1-2-4-6-11/h11-13H,1-10H2. The molecule has 1 saturated carbocycles. The van der Waals surface area contributed by atoms with Crippen LogP contribution in [-0.4, -0.2) is 44.9 Å². The number of piperazine rings is 1. The van der Waals surface area contributed by atoms with Crippen LogP contribution < -0.4 is 10.0 Å². The Morgan fingerprint density at radius 3 is 2.18 bits per heavy atom. The summed E-state index contributed by atoms with van der Waals surface area (Å²) in [6, 6.07) is 0.150. The lowest BCUT2D eigenvalue weighted by atomic mass is 10.1. The smallest absolute Gasteiger partial charge is 0.279 e. The van der Waals surface area contributed by atoms with Crippen molar-refractivity contribution in [3.8, 4) is 0 Å². The maximum atomic E-state index is 12.2. The number of nitrogens with one attached hydrogen (secondary N) is 2. The van der Waals surface area contributed by atoms with E-state index >= 15 is 0 Å². The van der Waals surface area contributed by atoms with Gasteiger partial charge in [-0.05, 0) is 12.8 Å². The maximum Gasteiger partial charge on any atom is 0.279 e. The Bertz CT molecular complexity index is 318. The van der Waals surface area contributed by atoms with Gasteiger partial charge in [0.25, 0.3) is 10.2 Å². The fraction of sp³-hybridized carbons (Fsp3) is 1.00. The highest BCUT2D eigenvalue weighted by Crippen LogP contribution is 2.18. The third-order valence-electron chi connectivity index (χ3n) is 3.59. The molecule has 2 fully saturated rings. The predicted molar refractivity (Wildman–Crippen MR) is 68.0 cm³/mol. The van der Waals surface area contributed by atoms with Gasteiger partial charge in [-0.25, -0.2) is 0 Å². The third-order valence-corrected chi connectivity index (χ3v) is 5.26. The van der Waals surface area contributed by atoms with E-state index in [-0.39, 0.29) is 6.04 Å². The molecular weight excluding hydrogens is 238 g/mol. The van der Waals surface area contributed by atoms with Crippen LogP contribution in [0.2, 0.25) is 0 Å². The Kier molecular flexibility index (Phi) is 4.78. The van der Waals surface area contributed by atoms with Crippen molar-refractivity contribution in [3.63, 3.8) is 0 Å². The average Bonchev–Trinajstić information content (AvgIpc) is 2.58. The molecular formula is C11H23N3O2S. The van der Waals surface area contributed by atoms with Crippen molar-refractivity contribution in [2.24, 2.45) is 0 Å². The number of rotatable bonds is 3. The highest BCUT2D eigenvalue weighted by atomic mass is 32.2. The van der Waals surface area contributed by atoms with E-state index in [0.29, 0.717) is 13.1 Å². The average molecular weight is 261 g/mol. The molecule has 0 aromatic heterocycles. The van der Waals surface area contributed by atoms with Crippen molar-refractivity contribution in [1.29, 1.82) is 0 Å². The van der Waals surface area contributed by atoms with Crippen molar-refractivity contribution in [3.05, 3.63) is 0 Å². The quantitative estimate of drug-likeness (QED) is 0.725. The first-order chi connectivity index (χ1) is 8.18. The van der Waals surface area contributed by atoms with E-state index in [1.54, 1.807) is 4.31 Å². The largest absolute Gasteiger partial charge is 0.314 e. The molecule has 0 bridgehead atoms. The summed E-state index contributed by atoms with van der Waals surface area (Å²) in [6.45, 7) is 2.68. The van der Waals surface area contributed by atoms with Crippen LogP contribution >= 0.6 is 0 Å². The molecule has 0 unspecified atom stereocenters. The minimum Gasteiger partial charge on any atom is -0.314 e. The van der Waals surface area contributed by atoms with E-state index in [2.05, 4.69) is 10.0 Å². The Morgan fingerprint density at radius 2 is 1.59 bits per heavy atom. The van der Waals surface area contributed by atoms with E-state index in [1.807, 2.05) is 0 Å². The molecule has 1 saturated heterocycles. The zero-order valence-corrected chi connectivity index (χ0v) is 11.1. The van der Waals surface area contributed by atoms with Gasteiger partial charge in [-0.3, -0.25) is 0 Å². The van der Waals surface area contributed by atoms with Crippen molar-refractivity contribution in [2.45, 2.75) is 44.6 Å². The molecule has 100 valence electrons. The highest BCUT2D eigenvalue weighted by Gasteiger charge is 2.26. The molecule has 0 aromatic rings. The summed E-state index contributed by atoms with van der Waals surface area (Å²) in [7, 11) is -3.26. The van der Waals surface area contributed by atoms with Gasteiger partial charge in [0.05, 0.1) is 0 Å². The molecule has 17 heavy (non-hydrogen) atoms. The minimum atomic E-state index is -3.26. The second-order valence-corrected chi connectivity index (χ2v) is 6.66. The van der Waals surface area contributed by atoms with E-state index in [1.165, 1.54) is 12.8 Å². The van der Waals surface area contributed by atoms with Gasteiger partial charge in [-0.1, -0.05) is 25.7 Å². The van der Waals surface area contributed by atoms with Crippen LogP contribution in [0.4, 0.5) is 0 Å². The monoisotopic (exact) mass is 261 g/mol. The molecule has 0 spiro atoms. The van der Waals surface area contributed by atoms with Crippen LogP contribution in [0.1, 0.15) is 38.5 Å². The molecule has 6 heteroatoms. The Hall–Kier alpha value is -0.170. The molecule has 1 aliphatic carbocycles. The second kappa shape index (κ2) is 6.13. The third kappa shape index (κ3) is 3.91. The van der Waals surface area contributed by atoms with Gasteiger partial charge in [-0.15, -0.1) is 0 Å². The Morgan fingerprint density at radius 1 is 1.00 bits per heavy atom. The highest BCUT2D eigenvalue weighted by molar-refractivity contribution is 7.87. The van der Waals surface area contributed by atoms with E-state index in [9.17, 15) is 8.42 Å². The van der Waals surface area contributed by atoms with Gasteiger partial charge < -0.3 is 5.32 Å². The van der Waals surface area contributed by atoms with Crippen LogP contribution in [0.5, 0.6) is 0 Å². The SMILES string of the molecule is O=S(=O)(NC1CCCCCC1)N1CCNCC1. The Labute approximate surface area is 104 Å². The summed E-state index contributed by atoms with van der Waals surface area (Å²) in [6.07, 6.45) is 6.76. The van der Waals surface area contributed by atoms with Gasteiger partial charge >= 0.3 is 0 Å². The normalized spacial score (nSPS) is 25.6. The first-order valence-corrected chi connectivity index (χ1v) is 8.10. The van der Waals surface area contributed by atoms with Crippen molar-refractivity contribution >= 4 is 10.2 Å². The lowest BCUT2D eigenvalue weighted by Gasteiger charge is -2.28. The molecule has 0 aromatic carbocycles. The Balaban J connectivity index is 1.90. The molecule has 2 aliphatic rings. The zero-order valence-electron chi connectivity index (χ0n) is 10.3. The first kappa shape index (κ1) is 13.3. The number of nitrogens with zero attached hydrogens (tertiary/aromatic N) is 1. The van der Waals surface area contributed by atoms with Gasteiger partial charge in [0.1, 0.15) is 0 Å². The van der Waals surface area contributed by atoms with Gasteiger partial charge in [-0.2, -0.15) is 17.4 Å². The van der Waals surface area contributed by atoms with Crippen LogP contribution in [0.15, 0.2) is 0 Å². The summed E-state index contributed by atoms with van der Waals surface area (Å²) < 4.78 is 28.7. The summed E-state index contributed by atoms with van der Waals surface area (Å²) in [5.41, 5.74) is 0. The van der Waals surface area contributed by atoms with Gasteiger partial charge in [0, 0.05) is 32.2 Å². The summed E-state index contributed by atoms with van der Waals surface area (Å²) in [4.78, 5) is 0. The molecule has 0 atom stereocenters.